The molecule has 0 saturated heterocycles. The molecule has 2 aromatic carbocycles. The van der Waals surface area contributed by atoms with Crippen molar-refractivity contribution in [1.29, 1.82) is 0 Å². The molecule has 0 amide bonds. The lowest BCUT2D eigenvalue weighted by atomic mass is 10.2. The Morgan fingerprint density at radius 2 is 1.53 bits per heavy atom. The van der Waals surface area contributed by atoms with Gasteiger partial charge in [-0.3, -0.25) is 4.90 Å². The van der Waals surface area contributed by atoms with E-state index in [4.69, 9.17) is 0 Å². The van der Waals surface area contributed by atoms with Crippen LogP contribution in [0.3, 0.4) is 0 Å². The molecule has 2 heteroatoms. The van der Waals surface area contributed by atoms with E-state index < -0.39 is 0 Å². The first-order chi connectivity index (χ1) is 8.25. The summed E-state index contributed by atoms with van der Waals surface area (Å²) < 4.78 is 1.34. The first kappa shape index (κ1) is 12.6. The molecule has 0 aliphatic carbocycles. The third-order valence-electron chi connectivity index (χ3n) is 2.69. The highest BCUT2D eigenvalue weighted by Crippen LogP contribution is 2.14. The van der Waals surface area contributed by atoms with Crippen LogP contribution >= 0.6 is 22.6 Å². The quantitative estimate of drug-likeness (QED) is 0.765. The fraction of sp³-hybridized carbons (Fsp3) is 0.200. The monoisotopic (exact) mass is 337 g/mol. The lowest BCUT2D eigenvalue weighted by Gasteiger charge is -2.17. The highest BCUT2D eigenvalue weighted by Gasteiger charge is 2.03. The SMILES string of the molecule is CN(Cc1ccccc1)Cc1ccccc1I. The van der Waals surface area contributed by atoms with Crippen LogP contribution in [0.4, 0.5) is 0 Å². The Bertz CT molecular complexity index is 467. The van der Waals surface area contributed by atoms with Gasteiger partial charge in [-0.05, 0) is 46.8 Å². The number of rotatable bonds is 4. The molecule has 1 nitrogen and oxygen atoms in total. The van der Waals surface area contributed by atoms with Gasteiger partial charge in [-0.25, -0.2) is 0 Å². The molecule has 88 valence electrons. The van der Waals surface area contributed by atoms with Gasteiger partial charge in [0.15, 0.2) is 0 Å². The number of halogens is 1. The summed E-state index contributed by atoms with van der Waals surface area (Å²) in [5.74, 6) is 0. The molecule has 0 radical (unpaired) electrons. The Kier molecular flexibility index (Phi) is 4.57. The molecule has 0 atom stereocenters. The van der Waals surface area contributed by atoms with Gasteiger partial charge in [0.2, 0.25) is 0 Å². The van der Waals surface area contributed by atoms with Crippen molar-refractivity contribution >= 4 is 22.6 Å². The van der Waals surface area contributed by atoms with Crippen LogP contribution in [0.1, 0.15) is 11.1 Å². The minimum absolute atomic E-state index is 0.992. The van der Waals surface area contributed by atoms with Crippen molar-refractivity contribution in [3.8, 4) is 0 Å². The maximum atomic E-state index is 2.40. The molecule has 0 aliphatic rings. The number of hydrogen-bond acceptors (Lipinski definition) is 1. The van der Waals surface area contributed by atoms with Gasteiger partial charge in [0.1, 0.15) is 0 Å². The van der Waals surface area contributed by atoms with Gasteiger partial charge in [-0.15, -0.1) is 0 Å². The summed E-state index contributed by atoms with van der Waals surface area (Å²) in [6.07, 6.45) is 0. The van der Waals surface area contributed by atoms with Crippen molar-refractivity contribution in [3.05, 3.63) is 69.3 Å². The summed E-state index contributed by atoms with van der Waals surface area (Å²) in [6, 6.07) is 19.1. The first-order valence-corrected chi connectivity index (χ1v) is 6.79. The average Bonchev–Trinajstić information content (AvgIpc) is 2.33. The summed E-state index contributed by atoms with van der Waals surface area (Å²) in [5, 5.41) is 0. The van der Waals surface area contributed by atoms with Crippen molar-refractivity contribution in [2.45, 2.75) is 13.1 Å². The molecular weight excluding hydrogens is 321 g/mol. The van der Waals surface area contributed by atoms with Gasteiger partial charge < -0.3 is 0 Å². The van der Waals surface area contributed by atoms with Gasteiger partial charge in [-0.2, -0.15) is 0 Å². The number of benzene rings is 2. The zero-order valence-electron chi connectivity index (χ0n) is 9.94. The van der Waals surface area contributed by atoms with Gasteiger partial charge >= 0.3 is 0 Å². The second-order valence-electron chi connectivity index (χ2n) is 4.25. The largest absolute Gasteiger partial charge is 0.298 e. The lowest BCUT2D eigenvalue weighted by Crippen LogP contribution is -2.17. The molecule has 0 N–H and O–H groups in total. The fourth-order valence-electron chi connectivity index (χ4n) is 1.87. The molecule has 0 saturated carbocycles. The molecule has 2 aromatic rings. The minimum atomic E-state index is 0.992. The van der Waals surface area contributed by atoms with Crippen molar-refractivity contribution in [2.75, 3.05) is 7.05 Å². The van der Waals surface area contributed by atoms with E-state index in [0.717, 1.165) is 13.1 Å². The van der Waals surface area contributed by atoms with E-state index in [9.17, 15) is 0 Å². The van der Waals surface area contributed by atoms with E-state index in [2.05, 4.69) is 89.1 Å². The van der Waals surface area contributed by atoms with Crippen LogP contribution in [0.15, 0.2) is 54.6 Å². The van der Waals surface area contributed by atoms with Crippen molar-refractivity contribution in [3.63, 3.8) is 0 Å². The van der Waals surface area contributed by atoms with Crippen molar-refractivity contribution in [2.24, 2.45) is 0 Å². The Morgan fingerprint density at radius 1 is 0.882 bits per heavy atom. The van der Waals surface area contributed by atoms with Crippen LogP contribution < -0.4 is 0 Å². The summed E-state index contributed by atoms with van der Waals surface area (Å²) >= 11 is 2.40. The molecule has 0 unspecified atom stereocenters. The van der Waals surface area contributed by atoms with Gasteiger partial charge in [-0.1, -0.05) is 48.5 Å². The van der Waals surface area contributed by atoms with Crippen LogP contribution in [-0.4, -0.2) is 11.9 Å². The number of hydrogen-bond donors (Lipinski definition) is 0. The van der Waals surface area contributed by atoms with E-state index >= 15 is 0 Å². The summed E-state index contributed by atoms with van der Waals surface area (Å²) in [7, 11) is 2.16. The second-order valence-corrected chi connectivity index (χ2v) is 5.41. The molecule has 0 spiro atoms. The van der Waals surface area contributed by atoms with Crippen LogP contribution in [0.5, 0.6) is 0 Å². The zero-order chi connectivity index (χ0) is 12.1. The van der Waals surface area contributed by atoms with Crippen LogP contribution in [-0.2, 0) is 13.1 Å². The van der Waals surface area contributed by atoms with Crippen molar-refractivity contribution < 1.29 is 0 Å². The Balaban J connectivity index is 1.98. The molecule has 0 fully saturated rings. The fourth-order valence-corrected chi connectivity index (χ4v) is 2.43. The Hall–Kier alpha value is -0.870. The highest BCUT2D eigenvalue weighted by molar-refractivity contribution is 14.1. The molecule has 0 heterocycles. The van der Waals surface area contributed by atoms with E-state index in [-0.39, 0.29) is 0 Å². The Labute approximate surface area is 117 Å². The van der Waals surface area contributed by atoms with Crippen LogP contribution in [0.2, 0.25) is 0 Å². The highest BCUT2D eigenvalue weighted by atomic mass is 127. The predicted molar refractivity (Wildman–Crippen MR) is 80.8 cm³/mol. The predicted octanol–water partition coefficient (Wildman–Crippen LogP) is 3.92. The maximum Gasteiger partial charge on any atom is 0.0244 e. The second kappa shape index (κ2) is 6.17. The van der Waals surface area contributed by atoms with Gasteiger partial charge in [0, 0.05) is 16.7 Å². The number of nitrogens with zero attached hydrogens (tertiary/aromatic N) is 1. The minimum Gasteiger partial charge on any atom is -0.298 e. The van der Waals surface area contributed by atoms with Crippen LogP contribution in [0, 0.1) is 3.57 Å². The summed E-state index contributed by atoms with van der Waals surface area (Å²) in [5.41, 5.74) is 2.76. The summed E-state index contributed by atoms with van der Waals surface area (Å²) in [4.78, 5) is 2.34. The molecule has 2 rings (SSSR count). The molecule has 17 heavy (non-hydrogen) atoms. The van der Waals surface area contributed by atoms with Gasteiger partial charge in [0.05, 0.1) is 0 Å². The molecular formula is C15H16IN. The maximum absolute atomic E-state index is 2.40. The molecule has 0 bridgehead atoms. The third kappa shape index (κ3) is 3.82. The van der Waals surface area contributed by atoms with E-state index in [0.29, 0.717) is 0 Å². The van der Waals surface area contributed by atoms with E-state index in [1.165, 1.54) is 14.7 Å². The summed E-state index contributed by atoms with van der Waals surface area (Å²) in [6.45, 7) is 1.99. The van der Waals surface area contributed by atoms with E-state index in [1.807, 2.05) is 0 Å². The van der Waals surface area contributed by atoms with E-state index in [1.54, 1.807) is 0 Å². The average molecular weight is 337 g/mol. The zero-order valence-corrected chi connectivity index (χ0v) is 12.1. The molecule has 0 aliphatic heterocycles. The smallest absolute Gasteiger partial charge is 0.0244 e. The standard InChI is InChI=1S/C15H16IN/c1-17(11-13-7-3-2-4-8-13)12-14-9-5-6-10-15(14)16/h2-10H,11-12H2,1H3. The van der Waals surface area contributed by atoms with Crippen LogP contribution in [0.25, 0.3) is 0 Å². The topological polar surface area (TPSA) is 3.24 Å². The first-order valence-electron chi connectivity index (χ1n) is 5.71. The van der Waals surface area contributed by atoms with Crippen molar-refractivity contribution in [1.82, 2.24) is 4.90 Å². The molecule has 0 aromatic heterocycles. The normalized spacial score (nSPS) is 10.8. The third-order valence-corrected chi connectivity index (χ3v) is 3.75. The Morgan fingerprint density at radius 3 is 2.24 bits per heavy atom. The van der Waals surface area contributed by atoms with Gasteiger partial charge in [0.25, 0.3) is 0 Å². The lowest BCUT2D eigenvalue weighted by molar-refractivity contribution is 0.318.